The summed E-state index contributed by atoms with van der Waals surface area (Å²) < 4.78 is 21.5. The molecule has 0 aromatic heterocycles. The fraction of sp³-hybridized carbons (Fsp3) is 0.333. The van der Waals surface area contributed by atoms with Gasteiger partial charge < -0.3 is 29.0 Å². The fourth-order valence-corrected chi connectivity index (χ4v) is 4.42. The number of carbonyl (C=O) groups excluding carboxylic acids is 2. The Hall–Kier alpha value is -3.42. The molecule has 8 nitrogen and oxygen atoms in total. The zero-order valence-corrected chi connectivity index (χ0v) is 15.9. The van der Waals surface area contributed by atoms with Gasteiger partial charge in [0.1, 0.15) is 0 Å². The Bertz CT molecular complexity index is 1020. The minimum Gasteiger partial charge on any atom is -0.502 e. The van der Waals surface area contributed by atoms with E-state index in [0.29, 0.717) is 41.0 Å². The highest BCUT2D eigenvalue weighted by Crippen LogP contribution is 2.49. The molecule has 1 amide bonds. The van der Waals surface area contributed by atoms with E-state index in [0.717, 1.165) is 0 Å². The second kappa shape index (κ2) is 6.30. The number of phenolic OH excluding ortho intramolecular Hbond substituents is 1. The van der Waals surface area contributed by atoms with Crippen LogP contribution in [0, 0.1) is 0 Å². The van der Waals surface area contributed by atoms with Gasteiger partial charge in [0.15, 0.2) is 28.8 Å². The summed E-state index contributed by atoms with van der Waals surface area (Å²) in [6.45, 7) is 0.0873. The Morgan fingerprint density at radius 1 is 1.03 bits per heavy atom. The van der Waals surface area contributed by atoms with Crippen molar-refractivity contribution in [3.8, 4) is 28.7 Å². The number of rotatable bonds is 3. The minimum absolute atomic E-state index is 0.0873. The molecule has 2 aromatic carbocycles. The third-order valence-corrected chi connectivity index (χ3v) is 5.76. The zero-order valence-electron chi connectivity index (χ0n) is 15.9. The monoisotopic (exact) mass is 397 g/mol. The highest BCUT2D eigenvalue weighted by molar-refractivity contribution is 6.07. The molecule has 0 unspecified atom stereocenters. The van der Waals surface area contributed by atoms with Gasteiger partial charge in [0.25, 0.3) is 0 Å². The number of methoxy groups -OCH3 is 2. The van der Waals surface area contributed by atoms with Crippen LogP contribution < -0.4 is 18.9 Å². The van der Waals surface area contributed by atoms with E-state index < -0.39 is 12.1 Å². The first-order valence-corrected chi connectivity index (χ1v) is 9.27. The summed E-state index contributed by atoms with van der Waals surface area (Å²) in [5, 5.41) is 10.3. The van der Waals surface area contributed by atoms with E-state index in [2.05, 4.69) is 0 Å². The maximum atomic E-state index is 13.1. The van der Waals surface area contributed by atoms with E-state index in [4.69, 9.17) is 18.9 Å². The number of phenols is 1. The number of hydrogen-bond donors (Lipinski definition) is 1. The lowest BCUT2D eigenvalue weighted by Gasteiger charge is -2.39. The quantitative estimate of drug-likeness (QED) is 0.850. The summed E-state index contributed by atoms with van der Waals surface area (Å²) in [7, 11) is 2.89. The molecule has 3 aliphatic heterocycles. The van der Waals surface area contributed by atoms with Crippen molar-refractivity contribution in [2.24, 2.45) is 0 Å². The third-order valence-electron chi connectivity index (χ3n) is 5.76. The first-order valence-electron chi connectivity index (χ1n) is 9.27. The molecule has 1 N–H and O–H groups in total. The number of benzene rings is 2. The summed E-state index contributed by atoms with van der Waals surface area (Å²) in [6.07, 6.45) is 0.772. The number of hydrogen-bond acceptors (Lipinski definition) is 7. The van der Waals surface area contributed by atoms with Crippen LogP contribution in [0.25, 0.3) is 0 Å². The molecular weight excluding hydrogens is 378 g/mol. The van der Waals surface area contributed by atoms with Crippen molar-refractivity contribution in [2.75, 3.05) is 21.0 Å². The SMILES string of the molecule is COc1cc([C@@H]2c3cc4c(cc3C(=O)[C@H]3CCC(=O)N23)OCO4)cc(OC)c1O. The van der Waals surface area contributed by atoms with Crippen molar-refractivity contribution in [1.82, 2.24) is 4.90 Å². The van der Waals surface area contributed by atoms with E-state index in [1.807, 2.05) is 0 Å². The topological polar surface area (TPSA) is 94.5 Å². The van der Waals surface area contributed by atoms with Gasteiger partial charge in [0, 0.05) is 12.0 Å². The lowest BCUT2D eigenvalue weighted by Crippen LogP contribution is -2.46. The van der Waals surface area contributed by atoms with E-state index in [1.54, 1.807) is 29.2 Å². The van der Waals surface area contributed by atoms with Crippen molar-refractivity contribution in [3.05, 3.63) is 41.0 Å². The summed E-state index contributed by atoms with van der Waals surface area (Å²) in [5.74, 6) is 1.18. The second-order valence-electron chi connectivity index (χ2n) is 7.19. The molecule has 0 aliphatic carbocycles. The highest BCUT2D eigenvalue weighted by Gasteiger charge is 2.47. The number of Topliss-reactive ketones (excluding diaryl/α,β-unsaturated/α-hetero) is 1. The Morgan fingerprint density at radius 3 is 2.34 bits per heavy atom. The molecule has 29 heavy (non-hydrogen) atoms. The Kier molecular flexibility index (Phi) is 3.84. The molecule has 1 fully saturated rings. The van der Waals surface area contributed by atoms with Gasteiger partial charge in [0.05, 0.1) is 26.3 Å². The summed E-state index contributed by atoms with van der Waals surface area (Å²) in [5.41, 5.74) is 1.84. The maximum Gasteiger partial charge on any atom is 0.231 e. The zero-order chi connectivity index (χ0) is 20.3. The molecule has 2 atom stereocenters. The lowest BCUT2D eigenvalue weighted by atomic mass is 9.84. The third kappa shape index (κ3) is 2.45. The van der Waals surface area contributed by atoms with Gasteiger partial charge in [-0.2, -0.15) is 0 Å². The predicted molar refractivity (Wildman–Crippen MR) is 99.8 cm³/mol. The number of ether oxygens (including phenoxy) is 4. The first-order chi connectivity index (χ1) is 14.0. The van der Waals surface area contributed by atoms with Crippen molar-refractivity contribution in [1.29, 1.82) is 0 Å². The molecule has 3 aliphatic rings. The standard InChI is InChI=1S/C21H19NO7/c1-26-16-5-10(6-17(27-2)21(16)25)19-11-7-14-15(29-9-28-14)8-12(11)20(24)13-3-4-18(23)22(13)19/h5-8,13,19,25H,3-4,9H2,1-2H3/t13-,19-/m1/s1. The second-order valence-corrected chi connectivity index (χ2v) is 7.19. The van der Waals surface area contributed by atoms with Gasteiger partial charge in [-0.05, 0) is 41.8 Å². The maximum absolute atomic E-state index is 13.1. The molecule has 2 aromatic rings. The van der Waals surface area contributed by atoms with Crippen LogP contribution in [0.4, 0.5) is 0 Å². The van der Waals surface area contributed by atoms with Crippen LogP contribution in [0.1, 0.15) is 40.4 Å². The van der Waals surface area contributed by atoms with E-state index in [1.165, 1.54) is 14.2 Å². The molecule has 0 radical (unpaired) electrons. The lowest BCUT2D eigenvalue weighted by molar-refractivity contribution is -0.130. The Labute approximate surface area is 166 Å². The van der Waals surface area contributed by atoms with Crippen molar-refractivity contribution in [2.45, 2.75) is 24.9 Å². The fourth-order valence-electron chi connectivity index (χ4n) is 4.42. The van der Waals surface area contributed by atoms with Crippen LogP contribution in [0.3, 0.4) is 0 Å². The number of ketones is 1. The predicted octanol–water partition coefficient (Wildman–Crippen LogP) is 2.41. The van der Waals surface area contributed by atoms with E-state index >= 15 is 0 Å². The van der Waals surface area contributed by atoms with Crippen molar-refractivity contribution in [3.63, 3.8) is 0 Å². The molecule has 8 heteroatoms. The van der Waals surface area contributed by atoms with Crippen LogP contribution in [0.5, 0.6) is 28.7 Å². The number of nitrogens with zero attached hydrogens (tertiary/aromatic N) is 1. The molecule has 0 spiro atoms. The van der Waals surface area contributed by atoms with E-state index in [9.17, 15) is 14.7 Å². The average Bonchev–Trinajstić information content (AvgIpc) is 3.34. The first kappa shape index (κ1) is 17.7. The minimum atomic E-state index is -0.541. The molecule has 5 rings (SSSR count). The Morgan fingerprint density at radius 2 is 1.69 bits per heavy atom. The summed E-state index contributed by atoms with van der Waals surface area (Å²) >= 11 is 0. The molecule has 1 saturated heterocycles. The van der Waals surface area contributed by atoms with Gasteiger partial charge in [0.2, 0.25) is 18.4 Å². The summed E-state index contributed by atoms with van der Waals surface area (Å²) in [6, 6.07) is 5.70. The van der Waals surface area contributed by atoms with Crippen molar-refractivity contribution >= 4 is 11.7 Å². The smallest absolute Gasteiger partial charge is 0.231 e. The van der Waals surface area contributed by atoms with Crippen LogP contribution in [0.2, 0.25) is 0 Å². The van der Waals surface area contributed by atoms with Gasteiger partial charge >= 0.3 is 0 Å². The molecule has 0 bridgehead atoms. The number of fused-ring (bicyclic) bond motifs is 3. The van der Waals surface area contributed by atoms with Crippen molar-refractivity contribution < 1.29 is 33.6 Å². The van der Waals surface area contributed by atoms with Crippen LogP contribution in [0.15, 0.2) is 24.3 Å². The van der Waals surface area contributed by atoms with Crippen LogP contribution in [-0.4, -0.2) is 48.8 Å². The van der Waals surface area contributed by atoms with Crippen LogP contribution >= 0.6 is 0 Å². The van der Waals surface area contributed by atoms with Gasteiger partial charge in [-0.1, -0.05) is 0 Å². The van der Waals surface area contributed by atoms with E-state index in [-0.39, 0.29) is 35.7 Å². The van der Waals surface area contributed by atoms with Gasteiger partial charge in [-0.3, -0.25) is 9.59 Å². The number of carbonyl (C=O) groups is 2. The van der Waals surface area contributed by atoms with Gasteiger partial charge in [-0.25, -0.2) is 0 Å². The average molecular weight is 397 g/mol. The number of aromatic hydroxyl groups is 1. The summed E-state index contributed by atoms with van der Waals surface area (Å²) in [4.78, 5) is 27.5. The number of amides is 1. The largest absolute Gasteiger partial charge is 0.502 e. The highest BCUT2D eigenvalue weighted by atomic mass is 16.7. The molecule has 3 heterocycles. The molecule has 150 valence electrons. The Balaban J connectivity index is 1.76. The van der Waals surface area contributed by atoms with Crippen LogP contribution in [-0.2, 0) is 4.79 Å². The molecular formula is C21H19NO7. The van der Waals surface area contributed by atoms with Gasteiger partial charge in [-0.15, -0.1) is 0 Å². The molecule has 0 saturated carbocycles. The normalized spacial score (nSPS) is 21.8.